The SMILES string of the molecule is C#CCNC(=O)CSc1nc2sc(-c3ccccc3)cc2c(=O)n1CC=C. The van der Waals surface area contributed by atoms with E-state index in [1.807, 2.05) is 36.4 Å². The summed E-state index contributed by atoms with van der Waals surface area (Å²) < 4.78 is 1.54. The maximum absolute atomic E-state index is 12.9. The number of hydrogen-bond donors (Lipinski definition) is 1. The predicted octanol–water partition coefficient (Wildman–Crippen LogP) is 3.15. The zero-order valence-electron chi connectivity index (χ0n) is 14.5. The van der Waals surface area contributed by atoms with Gasteiger partial charge in [-0.05, 0) is 11.6 Å². The first-order valence-electron chi connectivity index (χ1n) is 8.17. The zero-order chi connectivity index (χ0) is 19.2. The van der Waals surface area contributed by atoms with Gasteiger partial charge >= 0.3 is 0 Å². The van der Waals surface area contributed by atoms with Crippen LogP contribution in [0.3, 0.4) is 0 Å². The summed E-state index contributed by atoms with van der Waals surface area (Å²) in [5, 5.41) is 3.66. The molecule has 2 aromatic heterocycles. The van der Waals surface area contributed by atoms with Crippen LogP contribution in [-0.4, -0.2) is 27.8 Å². The molecule has 1 amide bonds. The Hall–Kier alpha value is -2.82. The lowest BCUT2D eigenvalue weighted by Gasteiger charge is -2.09. The Bertz CT molecular complexity index is 1080. The lowest BCUT2D eigenvalue weighted by atomic mass is 10.2. The molecule has 136 valence electrons. The Morgan fingerprint density at radius 2 is 2.19 bits per heavy atom. The van der Waals surface area contributed by atoms with Gasteiger partial charge in [-0.15, -0.1) is 24.3 Å². The van der Waals surface area contributed by atoms with Crippen LogP contribution in [0, 0.1) is 12.3 Å². The number of nitrogens with zero attached hydrogens (tertiary/aromatic N) is 2. The van der Waals surface area contributed by atoms with Gasteiger partial charge in [0.1, 0.15) is 4.83 Å². The molecule has 1 N–H and O–H groups in total. The van der Waals surface area contributed by atoms with Crippen molar-refractivity contribution in [3.05, 3.63) is 59.4 Å². The van der Waals surface area contributed by atoms with Crippen molar-refractivity contribution < 1.29 is 4.79 Å². The summed E-state index contributed by atoms with van der Waals surface area (Å²) in [5.74, 6) is 2.29. The summed E-state index contributed by atoms with van der Waals surface area (Å²) in [7, 11) is 0. The third kappa shape index (κ3) is 4.30. The van der Waals surface area contributed by atoms with Gasteiger partial charge in [0.2, 0.25) is 5.91 Å². The van der Waals surface area contributed by atoms with Crippen molar-refractivity contribution in [1.29, 1.82) is 0 Å². The minimum Gasteiger partial charge on any atom is -0.344 e. The van der Waals surface area contributed by atoms with Crippen LogP contribution in [0.4, 0.5) is 0 Å². The summed E-state index contributed by atoms with van der Waals surface area (Å²) >= 11 is 2.67. The maximum atomic E-state index is 12.9. The third-order valence-electron chi connectivity index (χ3n) is 3.71. The molecule has 0 aliphatic carbocycles. The standard InChI is InChI=1S/C20H17N3O2S2/c1-3-10-21-17(24)13-26-20-22-18-15(19(25)23(20)11-4-2)12-16(27-18)14-8-6-5-7-9-14/h1,4-9,12H,2,10-11,13H2,(H,21,24). The van der Waals surface area contributed by atoms with Gasteiger partial charge in [0, 0.05) is 11.4 Å². The lowest BCUT2D eigenvalue weighted by molar-refractivity contribution is -0.118. The molecule has 0 bridgehead atoms. The molecule has 0 unspecified atom stereocenters. The average molecular weight is 396 g/mol. The fraction of sp³-hybridized carbons (Fsp3) is 0.150. The summed E-state index contributed by atoms with van der Waals surface area (Å²) in [6, 6.07) is 11.7. The van der Waals surface area contributed by atoms with Gasteiger partial charge < -0.3 is 5.32 Å². The highest BCUT2D eigenvalue weighted by molar-refractivity contribution is 7.99. The number of thioether (sulfide) groups is 1. The second-order valence-corrected chi connectivity index (χ2v) is 7.54. The Morgan fingerprint density at radius 1 is 1.41 bits per heavy atom. The van der Waals surface area contributed by atoms with E-state index in [1.165, 1.54) is 27.7 Å². The van der Waals surface area contributed by atoms with Crippen molar-refractivity contribution in [3.63, 3.8) is 0 Å². The Kier molecular flexibility index (Phi) is 6.12. The molecule has 27 heavy (non-hydrogen) atoms. The zero-order valence-corrected chi connectivity index (χ0v) is 16.1. The van der Waals surface area contributed by atoms with Crippen molar-refractivity contribution in [2.24, 2.45) is 0 Å². The lowest BCUT2D eigenvalue weighted by Crippen LogP contribution is -2.26. The maximum Gasteiger partial charge on any atom is 0.263 e. The molecule has 0 fully saturated rings. The minimum atomic E-state index is -0.200. The highest BCUT2D eigenvalue weighted by Crippen LogP contribution is 2.32. The molecule has 0 atom stereocenters. The van der Waals surface area contributed by atoms with E-state index in [2.05, 4.69) is 22.8 Å². The molecule has 0 saturated heterocycles. The van der Waals surface area contributed by atoms with E-state index < -0.39 is 0 Å². The number of terminal acetylenes is 1. The van der Waals surface area contributed by atoms with Crippen LogP contribution in [0.5, 0.6) is 0 Å². The molecule has 7 heteroatoms. The first kappa shape index (κ1) is 19.0. The number of amides is 1. The van der Waals surface area contributed by atoms with Crippen LogP contribution in [0.15, 0.2) is 59.0 Å². The van der Waals surface area contributed by atoms with Gasteiger partial charge in [0.25, 0.3) is 5.56 Å². The van der Waals surface area contributed by atoms with E-state index in [0.29, 0.717) is 21.9 Å². The molecule has 2 heterocycles. The van der Waals surface area contributed by atoms with E-state index in [0.717, 1.165) is 10.4 Å². The summed E-state index contributed by atoms with van der Waals surface area (Å²) in [6.45, 7) is 4.21. The van der Waals surface area contributed by atoms with E-state index >= 15 is 0 Å². The molecule has 1 aromatic carbocycles. The number of nitrogens with one attached hydrogen (secondary N) is 1. The molecule has 5 nitrogen and oxygen atoms in total. The second-order valence-electron chi connectivity index (χ2n) is 5.56. The summed E-state index contributed by atoms with van der Waals surface area (Å²) in [5.41, 5.74) is 0.905. The highest BCUT2D eigenvalue weighted by atomic mass is 32.2. The van der Waals surface area contributed by atoms with Crippen molar-refractivity contribution in [3.8, 4) is 22.8 Å². The van der Waals surface area contributed by atoms with Crippen LogP contribution in [0.25, 0.3) is 20.7 Å². The highest BCUT2D eigenvalue weighted by Gasteiger charge is 2.15. The Morgan fingerprint density at radius 3 is 2.89 bits per heavy atom. The molecular weight excluding hydrogens is 378 g/mol. The quantitative estimate of drug-likeness (QED) is 0.289. The molecule has 0 aliphatic rings. The predicted molar refractivity (Wildman–Crippen MR) is 112 cm³/mol. The van der Waals surface area contributed by atoms with Gasteiger partial charge in [-0.25, -0.2) is 4.98 Å². The molecule has 0 radical (unpaired) electrons. The van der Waals surface area contributed by atoms with Crippen LogP contribution in [0.2, 0.25) is 0 Å². The second kappa shape index (κ2) is 8.71. The van der Waals surface area contributed by atoms with Gasteiger partial charge in [0.15, 0.2) is 5.16 Å². The van der Waals surface area contributed by atoms with E-state index in [-0.39, 0.29) is 23.8 Å². The number of hydrogen-bond acceptors (Lipinski definition) is 5. The van der Waals surface area contributed by atoms with Crippen molar-refractivity contribution in [2.75, 3.05) is 12.3 Å². The number of thiophene rings is 1. The molecule has 0 spiro atoms. The molecule has 0 aliphatic heterocycles. The largest absolute Gasteiger partial charge is 0.344 e. The fourth-order valence-corrected chi connectivity index (χ4v) is 4.39. The van der Waals surface area contributed by atoms with Gasteiger partial charge in [-0.3, -0.25) is 14.2 Å². The molecule has 3 rings (SSSR count). The van der Waals surface area contributed by atoms with Crippen molar-refractivity contribution in [1.82, 2.24) is 14.9 Å². The van der Waals surface area contributed by atoms with Gasteiger partial charge in [-0.2, -0.15) is 0 Å². The van der Waals surface area contributed by atoms with Crippen molar-refractivity contribution in [2.45, 2.75) is 11.7 Å². The monoisotopic (exact) mass is 395 g/mol. The number of benzene rings is 1. The van der Waals surface area contributed by atoms with E-state index in [9.17, 15) is 9.59 Å². The number of carbonyl (C=O) groups excluding carboxylic acids is 1. The topological polar surface area (TPSA) is 64.0 Å². The number of aromatic nitrogens is 2. The van der Waals surface area contributed by atoms with E-state index in [1.54, 1.807) is 6.08 Å². The fourth-order valence-electron chi connectivity index (χ4n) is 2.47. The third-order valence-corrected chi connectivity index (χ3v) is 5.76. The summed E-state index contributed by atoms with van der Waals surface area (Å²) in [4.78, 5) is 31.0. The van der Waals surface area contributed by atoms with Crippen LogP contribution >= 0.6 is 23.1 Å². The molecular formula is C20H17N3O2S2. The smallest absolute Gasteiger partial charge is 0.263 e. The first-order valence-corrected chi connectivity index (χ1v) is 9.98. The van der Waals surface area contributed by atoms with Crippen molar-refractivity contribution >= 4 is 39.2 Å². The Balaban J connectivity index is 1.98. The average Bonchev–Trinajstić information content (AvgIpc) is 3.12. The Labute approximate surface area is 165 Å². The minimum absolute atomic E-state index is 0.133. The van der Waals surface area contributed by atoms with Crippen LogP contribution in [0.1, 0.15) is 0 Å². The van der Waals surface area contributed by atoms with E-state index in [4.69, 9.17) is 6.42 Å². The van der Waals surface area contributed by atoms with Crippen LogP contribution < -0.4 is 10.9 Å². The number of rotatable bonds is 7. The number of fused-ring (bicyclic) bond motifs is 1. The summed E-state index contributed by atoms with van der Waals surface area (Å²) in [6.07, 6.45) is 6.78. The van der Waals surface area contributed by atoms with Gasteiger partial charge in [0.05, 0.1) is 17.7 Å². The molecule has 0 saturated carbocycles. The molecule has 3 aromatic rings. The number of allylic oxidation sites excluding steroid dienone is 1. The first-order chi connectivity index (χ1) is 13.1. The normalized spacial score (nSPS) is 10.5. The van der Waals surface area contributed by atoms with Gasteiger partial charge in [-0.1, -0.05) is 54.1 Å². The van der Waals surface area contributed by atoms with Crippen LogP contribution in [-0.2, 0) is 11.3 Å². The number of carbonyl (C=O) groups is 1.